The molecule has 3 rings (SSSR count). The van der Waals surface area contributed by atoms with E-state index in [0.29, 0.717) is 17.2 Å². The molecule has 0 atom stereocenters. The number of halogens is 2. The molecule has 1 saturated carbocycles. The van der Waals surface area contributed by atoms with Gasteiger partial charge in [-0.3, -0.25) is 4.79 Å². The van der Waals surface area contributed by atoms with Crippen LogP contribution in [0.2, 0.25) is 0 Å². The number of nitrogens with one attached hydrogen (secondary N) is 1. The van der Waals surface area contributed by atoms with E-state index in [1.165, 1.54) is 25.3 Å². The van der Waals surface area contributed by atoms with Gasteiger partial charge in [-0.15, -0.1) is 0 Å². The van der Waals surface area contributed by atoms with E-state index in [1.807, 2.05) is 0 Å². The Bertz CT molecular complexity index is 853. The van der Waals surface area contributed by atoms with Gasteiger partial charge in [0.25, 0.3) is 5.91 Å². The summed E-state index contributed by atoms with van der Waals surface area (Å²) in [5.74, 6) is 0.623. The summed E-state index contributed by atoms with van der Waals surface area (Å²) >= 11 is 0. The maximum Gasteiger partial charge on any atom is 0.387 e. The van der Waals surface area contributed by atoms with Crippen LogP contribution < -0.4 is 24.3 Å². The summed E-state index contributed by atoms with van der Waals surface area (Å²) in [6.45, 7) is -2.99. The van der Waals surface area contributed by atoms with Crippen molar-refractivity contribution in [2.24, 2.45) is 0 Å². The molecule has 1 aliphatic rings. The minimum Gasteiger partial charge on any atom is -0.493 e. The number of amides is 1. The van der Waals surface area contributed by atoms with Gasteiger partial charge in [-0.2, -0.15) is 8.78 Å². The lowest BCUT2D eigenvalue weighted by molar-refractivity contribution is -0.0512. The van der Waals surface area contributed by atoms with Crippen molar-refractivity contribution in [1.29, 1.82) is 0 Å². The Morgan fingerprint density at radius 2 is 1.66 bits per heavy atom. The highest BCUT2D eigenvalue weighted by molar-refractivity contribution is 6.04. The molecule has 6 nitrogen and oxygen atoms in total. The van der Waals surface area contributed by atoms with Crippen LogP contribution in [0.3, 0.4) is 0 Å². The Hall–Kier alpha value is -3.03. The summed E-state index contributed by atoms with van der Waals surface area (Å²) in [7, 11) is 2.87. The molecule has 1 aliphatic carbocycles. The Morgan fingerprint density at radius 1 is 0.966 bits per heavy atom. The van der Waals surface area contributed by atoms with Crippen molar-refractivity contribution in [3.8, 4) is 23.0 Å². The van der Waals surface area contributed by atoms with E-state index in [9.17, 15) is 13.6 Å². The summed E-state index contributed by atoms with van der Waals surface area (Å²) < 4.78 is 45.7. The van der Waals surface area contributed by atoms with Crippen molar-refractivity contribution in [2.75, 3.05) is 19.5 Å². The highest BCUT2D eigenvalue weighted by atomic mass is 19.3. The topological polar surface area (TPSA) is 66.0 Å². The Kier molecular flexibility index (Phi) is 6.74. The van der Waals surface area contributed by atoms with Gasteiger partial charge in [0.1, 0.15) is 0 Å². The second-order valence-corrected chi connectivity index (χ2v) is 6.59. The number of carbonyl (C=O) groups is 1. The lowest BCUT2D eigenvalue weighted by atomic mass is 10.1. The van der Waals surface area contributed by atoms with Crippen LogP contribution in [0.15, 0.2) is 36.4 Å². The highest BCUT2D eigenvalue weighted by Gasteiger charge is 2.19. The number of benzene rings is 2. The van der Waals surface area contributed by atoms with Crippen molar-refractivity contribution in [2.45, 2.75) is 38.4 Å². The number of carbonyl (C=O) groups excluding carboxylic acids is 1. The van der Waals surface area contributed by atoms with Gasteiger partial charge < -0.3 is 24.3 Å². The standard InChI is InChI=1S/C21H23F2NO5/c1-26-16-10-8-14(12-19(16)28-15-5-3-4-6-15)24-20(25)13-7-9-17(29-21(22)23)18(11-13)27-2/h7-12,15,21H,3-6H2,1-2H3,(H,24,25). The largest absolute Gasteiger partial charge is 0.493 e. The summed E-state index contributed by atoms with van der Waals surface area (Å²) in [5.41, 5.74) is 0.758. The fraction of sp³-hybridized carbons (Fsp3) is 0.381. The zero-order valence-corrected chi connectivity index (χ0v) is 16.2. The monoisotopic (exact) mass is 407 g/mol. The number of anilines is 1. The van der Waals surface area contributed by atoms with Gasteiger partial charge in [0, 0.05) is 17.3 Å². The molecule has 0 saturated heterocycles. The molecule has 0 unspecified atom stereocenters. The maximum absolute atomic E-state index is 12.6. The van der Waals surface area contributed by atoms with E-state index in [-0.39, 0.29) is 23.2 Å². The van der Waals surface area contributed by atoms with Crippen LogP contribution >= 0.6 is 0 Å². The fourth-order valence-corrected chi connectivity index (χ4v) is 3.24. The van der Waals surface area contributed by atoms with Crippen LogP contribution in [-0.2, 0) is 0 Å². The van der Waals surface area contributed by atoms with E-state index >= 15 is 0 Å². The van der Waals surface area contributed by atoms with E-state index in [1.54, 1.807) is 25.3 Å². The minimum atomic E-state index is -2.99. The van der Waals surface area contributed by atoms with E-state index in [0.717, 1.165) is 25.7 Å². The quantitative estimate of drug-likeness (QED) is 0.676. The van der Waals surface area contributed by atoms with Crippen molar-refractivity contribution in [3.05, 3.63) is 42.0 Å². The van der Waals surface area contributed by atoms with Crippen molar-refractivity contribution < 1.29 is 32.5 Å². The summed E-state index contributed by atoms with van der Waals surface area (Å²) in [5, 5.41) is 2.77. The lowest BCUT2D eigenvalue weighted by Crippen LogP contribution is -2.14. The first-order valence-electron chi connectivity index (χ1n) is 9.29. The number of hydrogen-bond donors (Lipinski definition) is 1. The Morgan fingerprint density at radius 3 is 2.31 bits per heavy atom. The summed E-state index contributed by atoms with van der Waals surface area (Å²) in [4.78, 5) is 12.6. The molecule has 0 bridgehead atoms. The third kappa shape index (κ3) is 5.28. The molecule has 1 N–H and O–H groups in total. The Labute approximate surface area is 167 Å². The third-order valence-corrected chi connectivity index (χ3v) is 4.66. The van der Waals surface area contributed by atoms with Gasteiger partial charge >= 0.3 is 6.61 Å². The lowest BCUT2D eigenvalue weighted by Gasteiger charge is -2.17. The molecular weight excluding hydrogens is 384 g/mol. The molecule has 8 heteroatoms. The van der Waals surface area contributed by atoms with E-state index in [2.05, 4.69) is 10.1 Å². The average Bonchev–Trinajstić information content (AvgIpc) is 3.21. The minimum absolute atomic E-state index is 0.0398. The number of hydrogen-bond acceptors (Lipinski definition) is 5. The second-order valence-electron chi connectivity index (χ2n) is 6.59. The van der Waals surface area contributed by atoms with Crippen LogP contribution in [0, 0.1) is 0 Å². The van der Waals surface area contributed by atoms with Crippen molar-refractivity contribution in [1.82, 2.24) is 0 Å². The molecule has 2 aromatic rings. The first-order valence-corrected chi connectivity index (χ1v) is 9.29. The molecular formula is C21H23F2NO5. The molecule has 2 aromatic carbocycles. The molecule has 0 spiro atoms. The van der Waals surface area contributed by atoms with Crippen molar-refractivity contribution >= 4 is 11.6 Å². The summed E-state index contributed by atoms with van der Waals surface area (Å²) in [6, 6.07) is 9.12. The predicted molar refractivity (Wildman–Crippen MR) is 103 cm³/mol. The number of rotatable bonds is 8. The second kappa shape index (κ2) is 9.45. The predicted octanol–water partition coefficient (Wildman–Crippen LogP) is 4.88. The van der Waals surface area contributed by atoms with Crippen LogP contribution in [0.5, 0.6) is 23.0 Å². The van der Waals surface area contributed by atoms with Crippen LogP contribution in [0.1, 0.15) is 36.0 Å². The molecule has 0 radical (unpaired) electrons. The van der Waals surface area contributed by atoms with Gasteiger partial charge in [-0.1, -0.05) is 0 Å². The van der Waals surface area contributed by atoms with Crippen molar-refractivity contribution in [3.63, 3.8) is 0 Å². The van der Waals surface area contributed by atoms with Gasteiger partial charge in [0.2, 0.25) is 0 Å². The molecule has 0 aromatic heterocycles. The first-order chi connectivity index (χ1) is 14.0. The normalized spacial score (nSPS) is 14.0. The zero-order valence-electron chi connectivity index (χ0n) is 16.2. The highest BCUT2D eigenvalue weighted by Crippen LogP contribution is 2.34. The number of methoxy groups -OCH3 is 2. The fourth-order valence-electron chi connectivity index (χ4n) is 3.24. The summed E-state index contributed by atoms with van der Waals surface area (Å²) in [6.07, 6.45) is 4.40. The van der Waals surface area contributed by atoms with Crippen LogP contribution in [0.4, 0.5) is 14.5 Å². The first kappa shape index (κ1) is 20.7. The van der Waals surface area contributed by atoms with Crippen LogP contribution in [0.25, 0.3) is 0 Å². The number of alkyl halides is 2. The maximum atomic E-state index is 12.6. The average molecular weight is 407 g/mol. The van der Waals surface area contributed by atoms with E-state index < -0.39 is 12.5 Å². The Balaban J connectivity index is 1.76. The van der Waals surface area contributed by atoms with Crippen LogP contribution in [-0.4, -0.2) is 32.8 Å². The smallest absolute Gasteiger partial charge is 0.387 e. The number of ether oxygens (including phenoxy) is 4. The molecule has 1 amide bonds. The van der Waals surface area contributed by atoms with E-state index in [4.69, 9.17) is 14.2 Å². The van der Waals surface area contributed by atoms with Gasteiger partial charge in [-0.05, 0) is 56.0 Å². The molecule has 0 aliphatic heterocycles. The molecule has 156 valence electrons. The SMILES string of the molecule is COc1cc(C(=O)Nc2ccc(OC)c(OC3CCCC3)c2)ccc1OC(F)F. The zero-order chi connectivity index (χ0) is 20.8. The third-order valence-electron chi connectivity index (χ3n) is 4.66. The van der Waals surface area contributed by atoms with Gasteiger partial charge in [0.05, 0.1) is 20.3 Å². The van der Waals surface area contributed by atoms with Gasteiger partial charge in [0.15, 0.2) is 23.0 Å². The molecule has 0 heterocycles. The molecule has 29 heavy (non-hydrogen) atoms. The molecule has 1 fully saturated rings. The van der Waals surface area contributed by atoms with Gasteiger partial charge in [-0.25, -0.2) is 0 Å².